The molecular formula is C10H12N2. The molecule has 0 atom stereocenters. The number of aromatic amines is 1. The summed E-state index contributed by atoms with van der Waals surface area (Å²) in [5, 5.41) is 1.24. The second kappa shape index (κ2) is 2.34. The fraction of sp³-hybridized carbons (Fsp3) is 0.300. The fourth-order valence-electron chi connectivity index (χ4n) is 1.43. The molecule has 0 bridgehead atoms. The van der Waals surface area contributed by atoms with Gasteiger partial charge in [-0.25, -0.2) is 4.98 Å². The van der Waals surface area contributed by atoms with Crippen LogP contribution in [0.15, 0.2) is 12.3 Å². The normalized spacial score (nSPS) is 10.9. The van der Waals surface area contributed by atoms with Crippen LogP contribution in [0.3, 0.4) is 0 Å². The van der Waals surface area contributed by atoms with Crippen LogP contribution in [0.5, 0.6) is 0 Å². The molecule has 2 heterocycles. The lowest BCUT2D eigenvalue weighted by Crippen LogP contribution is -1.84. The molecule has 0 radical (unpaired) electrons. The van der Waals surface area contributed by atoms with Crippen molar-refractivity contribution in [3.05, 3.63) is 29.1 Å². The van der Waals surface area contributed by atoms with Crippen LogP contribution in [-0.2, 0) is 0 Å². The fourth-order valence-corrected chi connectivity index (χ4v) is 1.43. The van der Waals surface area contributed by atoms with Gasteiger partial charge in [-0.1, -0.05) is 0 Å². The molecule has 0 spiro atoms. The standard InChI is InChI=1S/C10H12N2/c1-6-5-11-10-9(8(6)3)4-7(2)12-10/h4-5H,1-3H3,(H,11,12). The molecule has 1 N–H and O–H groups in total. The molecule has 0 amide bonds. The molecule has 2 rings (SSSR count). The number of pyridine rings is 1. The van der Waals surface area contributed by atoms with E-state index in [4.69, 9.17) is 0 Å². The van der Waals surface area contributed by atoms with Crippen molar-refractivity contribution in [1.29, 1.82) is 0 Å². The largest absolute Gasteiger partial charge is 0.344 e. The van der Waals surface area contributed by atoms with Crippen LogP contribution in [0.4, 0.5) is 0 Å². The lowest BCUT2D eigenvalue weighted by molar-refractivity contribution is 1.22. The summed E-state index contributed by atoms with van der Waals surface area (Å²) in [5.41, 5.74) is 4.74. The van der Waals surface area contributed by atoms with E-state index in [1.165, 1.54) is 22.2 Å². The van der Waals surface area contributed by atoms with E-state index in [-0.39, 0.29) is 0 Å². The van der Waals surface area contributed by atoms with Crippen LogP contribution in [0.2, 0.25) is 0 Å². The predicted molar refractivity (Wildman–Crippen MR) is 50.3 cm³/mol. The Hall–Kier alpha value is -1.31. The topological polar surface area (TPSA) is 28.7 Å². The van der Waals surface area contributed by atoms with Crippen LogP contribution in [-0.4, -0.2) is 9.97 Å². The Morgan fingerprint density at radius 2 is 2.00 bits per heavy atom. The average Bonchev–Trinajstić information content (AvgIpc) is 2.39. The average molecular weight is 160 g/mol. The van der Waals surface area contributed by atoms with Gasteiger partial charge in [0, 0.05) is 17.3 Å². The number of H-pyrrole nitrogens is 1. The molecule has 0 aliphatic rings. The molecule has 12 heavy (non-hydrogen) atoms. The first kappa shape index (κ1) is 7.35. The molecule has 2 heteroatoms. The van der Waals surface area contributed by atoms with Crippen molar-refractivity contribution in [1.82, 2.24) is 9.97 Å². The Labute approximate surface area is 71.6 Å². The monoisotopic (exact) mass is 160 g/mol. The van der Waals surface area contributed by atoms with Crippen molar-refractivity contribution in [3.8, 4) is 0 Å². The highest BCUT2D eigenvalue weighted by molar-refractivity contribution is 5.81. The zero-order chi connectivity index (χ0) is 8.72. The van der Waals surface area contributed by atoms with Crippen LogP contribution >= 0.6 is 0 Å². The maximum atomic E-state index is 4.31. The van der Waals surface area contributed by atoms with Gasteiger partial charge in [0.15, 0.2) is 0 Å². The molecule has 0 aliphatic heterocycles. The first-order chi connectivity index (χ1) is 5.68. The zero-order valence-corrected chi connectivity index (χ0v) is 7.60. The summed E-state index contributed by atoms with van der Waals surface area (Å²) in [5.74, 6) is 0. The van der Waals surface area contributed by atoms with Crippen LogP contribution < -0.4 is 0 Å². The molecule has 0 saturated heterocycles. The minimum atomic E-state index is 0.996. The Balaban J connectivity index is 2.89. The molecule has 2 aromatic heterocycles. The molecule has 0 saturated carbocycles. The molecular weight excluding hydrogens is 148 g/mol. The van der Waals surface area contributed by atoms with Gasteiger partial charge in [-0.2, -0.15) is 0 Å². The van der Waals surface area contributed by atoms with Crippen molar-refractivity contribution in [2.75, 3.05) is 0 Å². The van der Waals surface area contributed by atoms with Crippen molar-refractivity contribution in [2.24, 2.45) is 0 Å². The van der Waals surface area contributed by atoms with Gasteiger partial charge in [0.2, 0.25) is 0 Å². The van der Waals surface area contributed by atoms with Crippen LogP contribution in [0.25, 0.3) is 11.0 Å². The van der Waals surface area contributed by atoms with Gasteiger partial charge in [-0.15, -0.1) is 0 Å². The third-order valence-corrected chi connectivity index (χ3v) is 2.31. The molecule has 0 fully saturated rings. The van der Waals surface area contributed by atoms with Gasteiger partial charge >= 0.3 is 0 Å². The number of hydrogen-bond donors (Lipinski definition) is 1. The smallest absolute Gasteiger partial charge is 0.137 e. The lowest BCUT2D eigenvalue weighted by atomic mass is 10.1. The second-order valence-electron chi connectivity index (χ2n) is 3.28. The molecule has 62 valence electrons. The number of nitrogens with zero attached hydrogens (tertiary/aromatic N) is 1. The van der Waals surface area contributed by atoms with Crippen molar-refractivity contribution in [2.45, 2.75) is 20.8 Å². The Morgan fingerprint density at radius 3 is 2.75 bits per heavy atom. The first-order valence-electron chi connectivity index (χ1n) is 4.10. The van der Waals surface area contributed by atoms with Gasteiger partial charge in [-0.3, -0.25) is 0 Å². The van der Waals surface area contributed by atoms with E-state index in [2.05, 4.69) is 36.8 Å². The molecule has 2 nitrogen and oxygen atoms in total. The highest BCUT2D eigenvalue weighted by atomic mass is 14.8. The number of nitrogens with one attached hydrogen (secondary N) is 1. The van der Waals surface area contributed by atoms with E-state index in [1.54, 1.807) is 0 Å². The van der Waals surface area contributed by atoms with E-state index in [0.717, 1.165) is 5.65 Å². The number of rotatable bonds is 0. The van der Waals surface area contributed by atoms with Crippen LogP contribution in [0.1, 0.15) is 16.8 Å². The van der Waals surface area contributed by atoms with Crippen molar-refractivity contribution >= 4 is 11.0 Å². The minimum absolute atomic E-state index is 0.996. The Kier molecular flexibility index (Phi) is 1.43. The molecule has 0 unspecified atom stereocenters. The number of fused-ring (bicyclic) bond motifs is 1. The summed E-state index contributed by atoms with van der Waals surface area (Å²) in [6.45, 7) is 6.27. The SMILES string of the molecule is Cc1cc2c(C)c(C)cnc2[nH]1. The Morgan fingerprint density at radius 1 is 1.25 bits per heavy atom. The highest BCUT2D eigenvalue weighted by Crippen LogP contribution is 2.19. The maximum absolute atomic E-state index is 4.31. The summed E-state index contributed by atoms with van der Waals surface area (Å²) in [6, 6.07) is 2.14. The third kappa shape index (κ3) is 0.916. The van der Waals surface area contributed by atoms with E-state index in [9.17, 15) is 0 Å². The van der Waals surface area contributed by atoms with E-state index < -0.39 is 0 Å². The summed E-state index contributed by atoms with van der Waals surface area (Å²) < 4.78 is 0. The van der Waals surface area contributed by atoms with Gasteiger partial charge in [0.1, 0.15) is 5.65 Å². The predicted octanol–water partition coefficient (Wildman–Crippen LogP) is 2.49. The number of aryl methyl sites for hydroxylation is 3. The first-order valence-corrected chi connectivity index (χ1v) is 4.10. The number of hydrogen-bond acceptors (Lipinski definition) is 1. The van der Waals surface area contributed by atoms with Gasteiger partial charge in [0.25, 0.3) is 0 Å². The zero-order valence-electron chi connectivity index (χ0n) is 7.60. The maximum Gasteiger partial charge on any atom is 0.137 e. The molecule has 0 aliphatic carbocycles. The summed E-state index contributed by atoms with van der Waals surface area (Å²) in [4.78, 5) is 7.52. The summed E-state index contributed by atoms with van der Waals surface area (Å²) >= 11 is 0. The summed E-state index contributed by atoms with van der Waals surface area (Å²) in [7, 11) is 0. The van der Waals surface area contributed by atoms with Crippen molar-refractivity contribution < 1.29 is 0 Å². The highest BCUT2D eigenvalue weighted by Gasteiger charge is 2.02. The Bertz CT molecular complexity index is 427. The lowest BCUT2D eigenvalue weighted by Gasteiger charge is -1.98. The van der Waals surface area contributed by atoms with Crippen molar-refractivity contribution in [3.63, 3.8) is 0 Å². The van der Waals surface area contributed by atoms with Gasteiger partial charge in [-0.05, 0) is 38.0 Å². The van der Waals surface area contributed by atoms with Gasteiger partial charge in [0.05, 0.1) is 0 Å². The van der Waals surface area contributed by atoms with Gasteiger partial charge < -0.3 is 4.98 Å². The van der Waals surface area contributed by atoms with E-state index in [1.807, 2.05) is 6.20 Å². The third-order valence-electron chi connectivity index (χ3n) is 2.31. The quantitative estimate of drug-likeness (QED) is 0.630. The molecule has 2 aromatic rings. The van der Waals surface area contributed by atoms with E-state index >= 15 is 0 Å². The summed E-state index contributed by atoms with van der Waals surface area (Å²) in [6.07, 6.45) is 1.91. The van der Waals surface area contributed by atoms with E-state index in [0.29, 0.717) is 0 Å². The minimum Gasteiger partial charge on any atom is -0.344 e. The second-order valence-corrected chi connectivity index (χ2v) is 3.28. The van der Waals surface area contributed by atoms with Crippen LogP contribution in [0, 0.1) is 20.8 Å². The molecule has 0 aromatic carbocycles. The number of aromatic nitrogens is 2.